The van der Waals surface area contributed by atoms with Crippen molar-refractivity contribution in [2.45, 2.75) is 25.4 Å². The van der Waals surface area contributed by atoms with E-state index in [0.29, 0.717) is 42.0 Å². The number of benzene rings is 1. The standard InChI is InChI=1S/C20H20ClFN8O/c21-14-6-1-4-12(16(14)22)11-29-8-2-5-13(29)10-24-19-26-18(23)30-20(27-19)25-17(28-30)15-7-3-9-31-15/h1,3-4,6-7,9,13H,2,5,8,10-11H2,(H3,23,24,25,26,27,28). The molecular formula is C20H20ClFN8O. The Morgan fingerprint density at radius 1 is 1.23 bits per heavy atom. The third-order valence-electron chi connectivity index (χ3n) is 5.37. The van der Waals surface area contributed by atoms with Crippen molar-refractivity contribution in [3.05, 3.63) is 53.0 Å². The van der Waals surface area contributed by atoms with E-state index in [1.165, 1.54) is 4.52 Å². The first kappa shape index (κ1) is 19.7. The highest BCUT2D eigenvalue weighted by Gasteiger charge is 2.26. The molecule has 3 aromatic heterocycles. The van der Waals surface area contributed by atoms with E-state index in [-0.39, 0.29) is 22.8 Å². The molecule has 1 aliphatic rings. The molecule has 1 atom stereocenters. The number of halogens is 2. The third kappa shape index (κ3) is 3.91. The molecule has 1 unspecified atom stereocenters. The first-order valence-corrected chi connectivity index (χ1v) is 10.3. The predicted octanol–water partition coefficient (Wildman–Crippen LogP) is 3.23. The van der Waals surface area contributed by atoms with Gasteiger partial charge >= 0.3 is 0 Å². The lowest BCUT2D eigenvalue weighted by Crippen LogP contribution is -2.35. The number of nitrogens with zero attached hydrogens (tertiary/aromatic N) is 6. The monoisotopic (exact) mass is 442 g/mol. The molecule has 0 saturated carbocycles. The second-order valence-electron chi connectivity index (χ2n) is 7.39. The number of hydrogen-bond acceptors (Lipinski definition) is 8. The van der Waals surface area contributed by atoms with Gasteiger partial charge in [-0.1, -0.05) is 23.7 Å². The number of hydrogen-bond donors (Lipinski definition) is 2. The second-order valence-corrected chi connectivity index (χ2v) is 7.80. The largest absolute Gasteiger partial charge is 0.461 e. The molecule has 5 rings (SSSR count). The molecule has 0 spiro atoms. The van der Waals surface area contributed by atoms with E-state index in [1.807, 2.05) is 0 Å². The Morgan fingerprint density at radius 2 is 2.13 bits per heavy atom. The summed E-state index contributed by atoms with van der Waals surface area (Å²) >= 11 is 5.92. The lowest BCUT2D eigenvalue weighted by Gasteiger charge is -2.25. The fourth-order valence-corrected chi connectivity index (χ4v) is 4.02. The zero-order valence-corrected chi connectivity index (χ0v) is 17.3. The first-order valence-electron chi connectivity index (χ1n) is 9.93. The summed E-state index contributed by atoms with van der Waals surface area (Å²) < 4.78 is 21.0. The van der Waals surface area contributed by atoms with E-state index in [1.54, 1.807) is 36.6 Å². The number of anilines is 2. The molecule has 3 N–H and O–H groups in total. The molecular weight excluding hydrogens is 423 g/mol. The summed E-state index contributed by atoms with van der Waals surface area (Å²) in [7, 11) is 0. The van der Waals surface area contributed by atoms with Gasteiger partial charge in [0, 0.05) is 24.7 Å². The van der Waals surface area contributed by atoms with Crippen LogP contribution >= 0.6 is 11.6 Å². The lowest BCUT2D eigenvalue weighted by molar-refractivity contribution is 0.250. The minimum Gasteiger partial charge on any atom is -0.461 e. The zero-order valence-electron chi connectivity index (χ0n) is 16.5. The normalized spacial score (nSPS) is 16.9. The maximum atomic E-state index is 14.3. The smallest absolute Gasteiger partial charge is 0.259 e. The number of furan rings is 1. The number of rotatable bonds is 6. The summed E-state index contributed by atoms with van der Waals surface area (Å²) in [6.07, 6.45) is 3.57. The Morgan fingerprint density at radius 3 is 2.97 bits per heavy atom. The summed E-state index contributed by atoms with van der Waals surface area (Å²) in [6.45, 7) is 1.98. The van der Waals surface area contributed by atoms with Gasteiger partial charge in [0.25, 0.3) is 5.78 Å². The van der Waals surface area contributed by atoms with Crippen LogP contribution in [0.4, 0.5) is 16.3 Å². The number of aromatic nitrogens is 5. The van der Waals surface area contributed by atoms with Crippen LogP contribution in [0.1, 0.15) is 18.4 Å². The van der Waals surface area contributed by atoms with E-state index in [0.717, 1.165) is 19.4 Å². The van der Waals surface area contributed by atoms with E-state index in [4.69, 9.17) is 21.8 Å². The van der Waals surface area contributed by atoms with Gasteiger partial charge in [0.1, 0.15) is 5.82 Å². The van der Waals surface area contributed by atoms with Crippen molar-refractivity contribution in [3.8, 4) is 11.6 Å². The summed E-state index contributed by atoms with van der Waals surface area (Å²) in [4.78, 5) is 15.3. The van der Waals surface area contributed by atoms with Gasteiger partial charge in [-0.15, -0.1) is 5.10 Å². The molecule has 1 aromatic carbocycles. The van der Waals surface area contributed by atoms with E-state index < -0.39 is 0 Å². The van der Waals surface area contributed by atoms with Gasteiger partial charge < -0.3 is 15.5 Å². The zero-order chi connectivity index (χ0) is 21.4. The van der Waals surface area contributed by atoms with Crippen LogP contribution < -0.4 is 11.1 Å². The van der Waals surface area contributed by atoms with Crippen LogP contribution in [-0.2, 0) is 6.54 Å². The molecule has 11 heteroatoms. The Hall–Kier alpha value is -3.24. The number of nitrogen functional groups attached to an aromatic ring is 1. The van der Waals surface area contributed by atoms with Crippen LogP contribution in [0.2, 0.25) is 5.02 Å². The highest BCUT2D eigenvalue weighted by Crippen LogP contribution is 2.24. The Kier molecular flexibility index (Phi) is 5.16. The number of nitrogens with two attached hydrogens (primary N) is 1. The molecule has 160 valence electrons. The van der Waals surface area contributed by atoms with Crippen molar-refractivity contribution in [1.82, 2.24) is 29.5 Å². The molecule has 4 aromatic rings. The SMILES string of the molecule is Nc1nc(NCC2CCCN2Cc2cccc(Cl)c2F)nc2nc(-c3ccco3)nn12. The van der Waals surface area contributed by atoms with Crippen molar-refractivity contribution in [1.29, 1.82) is 0 Å². The maximum Gasteiger partial charge on any atom is 0.259 e. The number of likely N-dealkylation sites (tertiary alicyclic amines) is 1. The first-order chi connectivity index (χ1) is 15.1. The van der Waals surface area contributed by atoms with Gasteiger partial charge in [-0.25, -0.2) is 4.39 Å². The predicted molar refractivity (Wildman–Crippen MR) is 114 cm³/mol. The molecule has 1 aliphatic heterocycles. The van der Waals surface area contributed by atoms with E-state index in [2.05, 4.69) is 30.3 Å². The summed E-state index contributed by atoms with van der Waals surface area (Å²) in [5.74, 6) is 1.41. The molecule has 31 heavy (non-hydrogen) atoms. The quantitative estimate of drug-likeness (QED) is 0.468. The average Bonchev–Trinajstić information content (AvgIpc) is 3.50. The number of nitrogens with one attached hydrogen (secondary N) is 1. The molecule has 4 heterocycles. The van der Waals surface area contributed by atoms with Gasteiger partial charge in [0.05, 0.1) is 11.3 Å². The summed E-state index contributed by atoms with van der Waals surface area (Å²) in [5.41, 5.74) is 6.63. The van der Waals surface area contributed by atoms with Crippen LogP contribution in [0.5, 0.6) is 0 Å². The fraction of sp³-hybridized carbons (Fsp3) is 0.300. The van der Waals surface area contributed by atoms with Crippen LogP contribution in [0.3, 0.4) is 0 Å². The molecule has 9 nitrogen and oxygen atoms in total. The van der Waals surface area contributed by atoms with Crippen LogP contribution in [0, 0.1) is 5.82 Å². The Labute approximate surface area is 182 Å². The number of fused-ring (bicyclic) bond motifs is 1. The van der Waals surface area contributed by atoms with E-state index in [9.17, 15) is 4.39 Å². The van der Waals surface area contributed by atoms with Crippen molar-refractivity contribution in [3.63, 3.8) is 0 Å². The van der Waals surface area contributed by atoms with Crippen molar-refractivity contribution < 1.29 is 8.81 Å². The van der Waals surface area contributed by atoms with Gasteiger partial charge in [-0.2, -0.15) is 19.5 Å². The van der Waals surface area contributed by atoms with Crippen LogP contribution in [0.25, 0.3) is 17.4 Å². The Balaban J connectivity index is 1.30. The highest BCUT2D eigenvalue weighted by atomic mass is 35.5. The van der Waals surface area contributed by atoms with Gasteiger partial charge in [-0.05, 0) is 37.6 Å². The third-order valence-corrected chi connectivity index (χ3v) is 5.67. The minimum absolute atomic E-state index is 0.144. The lowest BCUT2D eigenvalue weighted by atomic mass is 10.1. The molecule has 0 aliphatic carbocycles. The van der Waals surface area contributed by atoms with Crippen molar-refractivity contribution in [2.75, 3.05) is 24.1 Å². The Bertz CT molecular complexity index is 1210. The van der Waals surface area contributed by atoms with Crippen molar-refractivity contribution in [2.24, 2.45) is 0 Å². The second kappa shape index (κ2) is 8.12. The maximum absolute atomic E-state index is 14.3. The molecule has 1 saturated heterocycles. The molecule has 0 bridgehead atoms. The fourth-order valence-electron chi connectivity index (χ4n) is 3.83. The van der Waals surface area contributed by atoms with Gasteiger partial charge in [-0.3, -0.25) is 4.90 Å². The van der Waals surface area contributed by atoms with Crippen LogP contribution in [-0.4, -0.2) is 48.6 Å². The highest BCUT2D eigenvalue weighted by molar-refractivity contribution is 6.30. The topological polar surface area (TPSA) is 110 Å². The van der Waals surface area contributed by atoms with Crippen molar-refractivity contribution >= 4 is 29.3 Å². The van der Waals surface area contributed by atoms with Gasteiger partial charge in [0.2, 0.25) is 17.7 Å². The minimum atomic E-state index is -0.358. The summed E-state index contributed by atoms with van der Waals surface area (Å²) in [6, 6.07) is 8.81. The van der Waals surface area contributed by atoms with E-state index >= 15 is 0 Å². The molecule has 1 fully saturated rings. The molecule has 0 amide bonds. The molecule has 0 radical (unpaired) electrons. The van der Waals surface area contributed by atoms with Crippen LogP contribution in [0.15, 0.2) is 41.0 Å². The summed E-state index contributed by atoms with van der Waals surface area (Å²) in [5, 5.41) is 7.67. The van der Waals surface area contributed by atoms with Gasteiger partial charge in [0.15, 0.2) is 5.76 Å². The average molecular weight is 443 g/mol.